The van der Waals surface area contributed by atoms with Gasteiger partial charge in [-0.1, -0.05) is 36.9 Å². The first-order valence-electron chi connectivity index (χ1n) is 7.96. The van der Waals surface area contributed by atoms with Gasteiger partial charge in [0.2, 0.25) is 0 Å². The number of rotatable bonds is 6. The van der Waals surface area contributed by atoms with E-state index in [9.17, 15) is 0 Å². The van der Waals surface area contributed by atoms with Gasteiger partial charge in [0.1, 0.15) is 17.2 Å². The number of methoxy groups -OCH3 is 1. The lowest BCUT2D eigenvalue weighted by atomic mass is 10.2. The van der Waals surface area contributed by atoms with Crippen molar-refractivity contribution in [2.45, 2.75) is 23.1 Å². The van der Waals surface area contributed by atoms with E-state index >= 15 is 0 Å². The van der Waals surface area contributed by atoms with Crippen molar-refractivity contribution < 1.29 is 9.47 Å². The van der Waals surface area contributed by atoms with E-state index in [1.807, 2.05) is 36.4 Å². The molecule has 0 aliphatic heterocycles. The standard InChI is InChI=1S/C21H20O2S/c1-3-16-6-4-5-7-21(16)24-20-14-12-19(13-15-20)23-18-10-8-17(22-2)9-11-18/h4-15H,3H2,1-2H3. The van der Waals surface area contributed by atoms with Crippen LogP contribution in [0, 0.1) is 0 Å². The molecule has 0 aliphatic carbocycles. The number of benzene rings is 3. The molecule has 0 fully saturated rings. The quantitative estimate of drug-likeness (QED) is 0.534. The van der Waals surface area contributed by atoms with Gasteiger partial charge >= 0.3 is 0 Å². The van der Waals surface area contributed by atoms with Crippen LogP contribution in [0.25, 0.3) is 0 Å². The fourth-order valence-electron chi connectivity index (χ4n) is 2.38. The number of hydrogen-bond acceptors (Lipinski definition) is 3. The van der Waals surface area contributed by atoms with Gasteiger partial charge in [0.15, 0.2) is 0 Å². The lowest BCUT2D eigenvalue weighted by molar-refractivity contribution is 0.413. The minimum atomic E-state index is 0.799. The molecular weight excluding hydrogens is 316 g/mol. The Kier molecular flexibility index (Phi) is 5.44. The summed E-state index contributed by atoms with van der Waals surface area (Å²) in [6, 6.07) is 24.3. The van der Waals surface area contributed by atoms with E-state index < -0.39 is 0 Å². The topological polar surface area (TPSA) is 18.5 Å². The predicted octanol–water partition coefficient (Wildman–Crippen LogP) is 6.20. The molecule has 3 aromatic rings. The predicted molar refractivity (Wildman–Crippen MR) is 99.5 cm³/mol. The van der Waals surface area contributed by atoms with Crippen LogP contribution in [0.4, 0.5) is 0 Å². The zero-order chi connectivity index (χ0) is 16.8. The summed E-state index contributed by atoms with van der Waals surface area (Å²) < 4.78 is 11.0. The zero-order valence-electron chi connectivity index (χ0n) is 13.9. The van der Waals surface area contributed by atoms with Gasteiger partial charge in [-0.25, -0.2) is 0 Å². The van der Waals surface area contributed by atoms with E-state index in [1.54, 1.807) is 18.9 Å². The molecule has 0 saturated carbocycles. The van der Waals surface area contributed by atoms with Gasteiger partial charge in [-0.2, -0.15) is 0 Å². The molecule has 0 radical (unpaired) electrons. The van der Waals surface area contributed by atoms with E-state index in [2.05, 4.69) is 43.3 Å². The Hall–Kier alpha value is -2.39. The molecule has 0 amide bonds. The monoisotopic (exact) mass is 336 g/mol. The van der Waals surface area contributed by atoms with E-state index in [4.69, 9.17) is 9.47 Å². The third-order valence-corrected chi connectivity index (χ3v) is 4.83. The van der Waals surface area contributed by atoms with Gasteiger partial charge in [0.25, 0.3) is 0 Å². The normalized spacial score (nSPS) is 10.4. The van der Waals surface area contributed by atoms with Crippen LogP contribution < -0.4 is 9.47 Å². The summed E-state index contributed by atoms with van der Waals surface area (Å²) >= 11 is 1.79. The maximum Gasteiger partial charge on any atom is 0.127 e. The molecule has 0 spiro atoms. The fraction of sp³-hybridized carbons (Fsp3) is 0.143. The molecule has 0 saturated heterocycles. The Bertz CT molecular complexity index is 780. The van der Waals surface area contributed by atoms with Gasteiger partial charge in [0, 0.05) is 9.79 Å². The van der Waals surface area contributed by atoms with Gasteiger partial charge in [-0.15, -0.1) is 0 Å². The molecule has 2 nitrogen and oxygen atoms in total. The fourth-order valence-corrected chi connectivity index (χ4v) is 3.39. The van der Waals surface area contributed by atoms with E-state index in [-0.39, 0.29) is 0 Å². The van der Waals surface area contributed by atoms with Crippen molar-refractivity contribution in [1.82, 2.24) is 0 Å². The molecule has 122 valence electrons. The Balaban J connectivity index is 1.68. The average Bonchev–Trinajstić information content (AvgIpc) is 2.64. The highest BCUT2D eigenvalue weighted by Crippen LogP contribution is 2.32. The molecule has 0 heterocycles. The first kappa shape index (κ1) is 16.5. The van der Waals surface area contributed by atoms with Crippen LogP contribution in [0.1, 0.15) is 12.5 Å². The maximum absolute atomic E-state index is 5.86. The second kappa shape index (κ2) is 7.93. The highest BCUT2D eigenvalue weighted by atomic mass is 32.2. The van der Waals surface area contributed by atoms with Crippen LogP contribution in [0.2, 0.25) is 0 Å². The van der Waals surface area contributed by atoms with Gasteiger partial charge < -0.3 is 9.47 Å². The Morgan fingerprint density at radius 1 is 0.750 bits per heavy atom. The lowest BCUT2D eigenvalue weighted by Crippen LogP contribution is -1.86. The van der Waals surface area contributed by atoms with Gasteiger partial charge in [-0.3, -0.25) is 0 Å². The summed E-state index contributed by atoms with van der Waals surface area (Å²) in [5, 5.41) is 0. The first-order chi connectivity index (χ1) is 11.8. The van der Waals surface area contributed by atoms with Crippen molar-refractivity contribution in [3.05, 3.63) is 78.4 Å². The number of aryl methyl sites for hydroxylation is 1. The lowest BCUT2D eigenvalue weighted by Gasteiger charge is -2.09. The molecule has 0 unspecified atom stereocenters. The van der Waals surface area contributed by atoms with Crippen LogP contribution in [-0.2, 0) is 6.42 Å². The summed E-state index contributed by atoms with van der Waals surface area (Å²) in [7, 11) is 1.66. The van der Waals surface area contributed by atoms with Crippen LogP contribution >= 0.6 is 11.8 Å². The first-order valence-corrected chi connectivity index (χ1v) is 8.78. The van der Waals surface area contributed by atoms with Crippen molar-refractivity contribution in [2.75, 3.05) is 7.11 Å². The van der Waals surface area contributed by atoms with Crippen LogP contribution in [0.15, 0.2) is 82.6 Å². The van der Waals surface area contributed by atoms with Gasteiger partial charge in [0.05, 0.1) is 7.11 Å². The average molecular weight is 336 g/mol. The SMILES string of the molecule is CCc1ccccc1Sc1ccc(Oc2ccc(OC)cc2)cc1. The van der Waals surface area contributed by atoms with Crippen LogP contribution in [0.5, 0.6) is 17.2 Å². The summed E-state index contributed by atoms with van der Waals surface area (Å²) in [4.78, 5) is 2.52. The summed E-state index contributed by atoms with van der Waals surface area (Å²) in [6.07, 6.45) is 1.04. The molecule has 24 heavy (non-hydrogen) atoms. The third kappa shape index (κ3) is 4.12. The highest BCUT2D eigenvalue weighted by Gasteiger charge is 2.03. The summed E-state index contributed by atoms with van der Waals surface area (Å²) in [5.41, 5.74) is 1.38. The maximum atomic E-state index is 5.86. The number of ether oxygens (including phenoxy) is 2. The molecule has 0 aromatic heterocycles. The second-order valence-corrected chi connectivity index (χ2v) is 6.43. The number of hydrogen-bond donors (Lipinski definition) is 0. The molecule has 0 bridgehead atoms. The Morgan fingerprint density at radius 3 is 1.96 bits per heavy atom. The van der Waals surface area contributed by atoms with E-state index in [1.165, 1.54) is 15.4 Å². The molecule has 0 atom stereocenters. The van der Waals surface area contributed by atoms with Crippen LogP contribution in [0.3, 0.4) is 0 Å². The Labute approximate surface area is 147 Å². The molecular formula is C21H20O2S. The van der Waals surface area contributed by atoms with E-state index in [0.29, 0.717) is 0 Å². The third-order valence-electron chi connectivity index (χ3n) is 3.70. The molecule has 3 aromatic carbocycles. The van der Waals surface area contributed by atoms with E-state index in [0.717, 1.165) is 23.7 Å². The highest BCUT2D eigenvalue weighted by molar-refractivity contribution is 7.99. The van der Waals surface area contributed by atoms with Crippen molar-refractivity contribution in [3.8, 4) is 17.2 Å². The molecule has 0 aliphatic rings. The largest absolute Gasteiger partial charge is 0.497 e. The minimum Gasteiger partial charge on any atom is -0.497 e. The van der Waals surface area contributed by atoms with Crippen molar-refractivity contribution in [3.63, 3.8) is 0 Å². The second-order valence-electron chi connectivity index (χ2n) is 5.31. The summed E-state index contributed by atoms with van der Waals surface area (Å²) in [6.45, 7) is 2.19. The zero-order valence-corrected chi connectivity index (χ0v) is 14.7. The van der Waals surface area contributed by atoms with Gasteiger partial charge in [-0.05, 0) is 66.6 Å². The molecule has 0 N–H and O–H groups in total. The summed E-state index contributed by atoms with van der Waals surface area (Å²) in [5.74, 6) is 2.45. The van der Waals surface area contributed by atoms with Crippen molar-refractivity contribution in [1.29, 1.82) is 0 Å². The molecule has 3 rings (SSSR count). The minimum absolute atomic E-state index is 0.799. The molecule has 3 heteroatoms. The van der Waals surface area contributed by atoms with Crippen LogP contribution in [-0.4, -0.2) is 7.11 Å². The smallest absolute Gasteiger partial charge is 0.127 e. The van der Waals surface area contributed by atoms with Crippen molar-refractivity contribution >= 4 is 11.8 Å². The van der Waals surface area contributed by atoms with Crippen molar-refractivity contribution in [2.24, 2.45) is 0 Å². The Morgan fingerprint density at radius 2 is 1.33 bits per heavy atom.